The van der Waals surface area contributed by atoms with Crippen molar-refractivity contribution in [2.24, 2.45) is 0 Å². The van der Waals surface area contributed by atoms with Crippen molar-refractivity contribution in [2.75, 3.05) is 19.0 Å². The second kappa shape index (κ2) is 9.05. The van der Waals surface area contributed by atoms with Gasteiger partial charge < -0.3 is 14.8 Å². The Morgan fingerprint density at radius 2 is 1.92 bits per heavy atom. The van der Waals surface area contributed by atoms with Gasteiger partial charge in [-0.25, -0.2) is 0 Å². The lowest BCUT2D eigenvalue weighted by Crippen LogP contribution is -2.21. The number of anilines is 1. The molecule has 0 saturated heterocycles. The van der Waals surface area contributed by atoms with E-state index in [0.29, 0.717) is 34.2 Å². The molecule has 1 amide bonds. The van der Waals surface area contributed by atoms with Gasteiger partial charge >= 0.3 is 0 Å². The normalized spacial score (nSPS) is 10.3. The Morgan fingerprint density at radius 1 is 1.19 bits per heavy atom. The number of Topliss-reactive ketones (excluding diaryl/α,β-unsaturated/α-hetero) is 1. The summed E-state index contributed by atoms with van der Waals surface area (Å²) in [5, 5.41) is 3.28. The van der Waals surface area contributed by atoms with Crippen LogP contribution in [0.25, 0.3) is 0 Å². The predicted octanol–water partition coefficient (Wildman–Crippen LogP) is 5.03. The fourth-order valence-electron chi connectivity index (χ4n) is 2.30. The Kier molecular flexibility index (Phi) is 7.06. The number of benzene rings is 2. The van der Waals surface area contributed by atoms with Crippen LogP contribution in [-0.2, 0) is 4.79 Å². The summed E-state index contributed by atoms with van der Waals surface area (Å²) in [4.78, 5) is 24.3. The summed E-state index contributed by atoms with van der Waals surface area (Å²) in [6, 6.07) is 8.47. The van der Waals surface area contributed by atoms with Gasteiger partial charge in [0.2, 0.25) is 0 Å². The highest BCUT2D eigenvalue weighted by atomic mass is 79.9. The molecule has 0 aliphatic carbocycles. The van der Waals surface area contributed by atoms with Crippen LogP contribution in [0.1, 0.15) is 29.3 Å². The van der Waals surface area contributed by atoms with Gasteiger partial charge in [-0.05, 0) is 36.8 Å². The maximum atomic E-state index is 12.2. The van der Waals surface area contributed by atoms with Crippen molar-refractivity contribution in [3.05, 3.63) is 51.0 Å². The molecular formula is C19H19BrClNO4. The van der Waals surface area contributed by atoms with Crippen LogP contribution in [0.15, 0.2) is 34.8 Å². The molecule has 0 radical (unpaired) electrons. The monoisotopic (exact) mass is 439 g/mol. The molecule has 0 fully saturated rings. The summed E-state index contributed by atoms with van der Waals surface area (Å²) in [6.45, 7) is 3.36. The van der Waals surface area contributed by atoms with Crippen molar-refractivity contribution >= 4 is 44.9 Å². The van der Waals surface area contributed by atoms with Gasteiger partial charge in [-0.15, -0.1) is 0 Å². The number of amides is 1. The highest BCUT2D eigenvalue weighted by molar-refractivity contribution is 9.10. The molecule has 0 bridgehead atoms. The molecule has 0 unspecified atom stereocenters. The summed E-state index contributed by atoms with van der Waals surface area (Å²) in [5.41, 5.74) is 1.76. The van der Waals surface area contributed by atoms with E-state index in [9.17, 15) is 9.59 Å². The molecule has 7 heteroatoms. The SMILES string of the molecule is CCC(=O)c1cc(Br)ccc1OCC(=O)Nc1cc(C)c(Cl)cc1OC. The molecule has 5 nitrogen and oxygen atoms in total. The Balaban J connectivity index is 2.11. The molecular weight excluding hydrogens is 422 g/mol. The van der Waals surface area contributed by atoms with Crippen molar-refractivity contribution in [1.82, 2.24) is 0 Å². The van der Waals surface area contributed by atoms with Gasteiger partial charge in [-0.1, -0.05) is 34.5 Å². The Bertz CT molecular complexity index is 839. The molecule has 138 valence electrons. The molecule has 0 spiro atoms. The highest BCUT2D eigenvalue weighted by Gasteiger charge is 2.15. The number of carbonyl (C=O) groups is 2. The van der Waals surface area contributed by atoms with Gasteiger partial charge in [0.25, 0.3) is 5.91 Å². The van der Waals surface area contributed by atoms with Crippen LogP contribution in [0.4, 0.5) is 5.69 Å². The van der Waals surface area contributed by atoms with Crippen LogP contribution < -0.4 is 14.8 Å². The lowest BCUT2D eigenvalue weighted by Gasteiger charge is -2.14. The zero-order chi connectivity index (χ0) is 19.3. The van der Waals surface area contributed by atoms with E-state index in [1.54, 1.807) is 37.3 Å². The average Bonchev–Trinajstić information content (AvgIpc) is 2.62. The number of carbonyl (C=O) groups excluding carboxylic acids is 2. The maximum absolute atomic E-state index is 12.2. The van der Waals surface area contributed by atoms with Gasteiger partial charge in [-0.3, -0.25) is 9.59 Å². The van der Waals surface area contributed by atoms with Crippen LogP contribution in [0, 0.1) is 6.92 Å². The first-order valence-corrected chi connectivity index (χ1v) is 9.12. The first-order chi connectivity index (χ1) is 12.3. The topological polar surface area (TPSA) is 64.6 Å². The van der Waals surface area contributed by atoms with Crippen molar-refractivity contribution < 1.29 is 19.1 Å². The number of ether oxygens (including phenoxy) is 2. The molecule has 0 atom stereocenters. The Morgan fingerprint density at radius 3 is 2.58 bits per heavy atom. The zero-order valence-electron chi connectivity index (χ0n) is 14.7. The number of halogens is 2. The number of ketones is 1. The van der Waals surface area contributed by atoms with Crippen molar-refractivity contribution in [3.63, 3.8) is 0 Å². The van der Waals surface area contributed by atoms with Crippen LogP contribution in [0.3, 0.4) is 0 Å². The van der Waals surface area contributed by atoms with E-state index in [0.717, 1.165) is 10.0 Å². The Labute approximate surface area is 165 Å². The van der Waals surface area contributed by atoms with Crippen LogP contribution in [0.5, 0.6) is 11.5 Å². The number of rotatable bonds is 7. The zero-order valence-corrected chi connectivity index (χ0v) is 17.0. The summed E-state index contributed by atoms with van der Waals surface area (Å²) in [7, 11) is 1.50. The molecule has 2 rings (SSSR count). The minimum Gasteiger partial charge on any atom is -0.495 e. The van der Waals surface area contributed by atoms with E-state index in [1.807, 2.05) is 6.92 Å². The van der Waals surface area contributed by atoms with E-state index in [-0.39, 0.29) is 18.3 Å². The van der Waals surface area contributed by atoms with Gasteiger partial charge in [-0.2, -0.15) is 0 Å². The fourth-order valence-corrected chi connectivity index (χ4v) is 2.81. The molecule has 1 N–H and O–H groups in total. The van der Waals surface area contributed by atoms with E-state index >= 15 is 0 Å². The van der Waals surface area contributed by atoms with E-state index in [2.05, 4.69) is 21.2 Å². The van der Waals surface area contributed by atoms with Crippen LogP contribution in [-0.4, -0.2) is 25.4 Å². The van der Waals surface area contributed by atoms with Gasteiger partial charge in [0.05, 0.1) is 18.4 Å². The first-order valence-electron chi connectivity index (χ1n) is 7.95. The summed E-state index contributed by atoms with van der Waals surface area (Å²) >= 11 is 9.40. The van der Waals surface area contributed by atoms with Crippen molar-refractivity contribution in [2.45, 2.75) is 20.3 Å². The van der Waals surface area contributed by atoms with E-state index in [4.69, 9.17) is 21.1 Å². The fraction of sp³-hybridized carbons (Fsp3) is 0.263. The predicted molar refractivity (Wildman–Crippen MR) is 106 cm³/mol. The first kappa shape index (κ1) is 20.3. The molecule has 26 heavy (non-hydrogen) atoms. The van der Waals surface area contributed by atoms with Gasteiger partial charge in [0.1, 0.15) is 11.5 Å². The minimum absolute atomic E-state index is 0.0586. The van der Waals surface area contributed by atoms with E-state index < -0.39 is 0 Å². The average molecular weight is 441 g/mol. The number of nitrogens with one attached hydrogen (secondary N) is 1. The number of hydrogen-bond acceptors (Lipinski definition) is 4. The third-order valence-electron chi connectivity index (χ3n) is 3.68. The number of hydrogen-bond donors (Lipinski definition) is 1. The third-order valence-corrected chi connectivity index (χ3v) is 4.58. The highest BCUT2D eigenvalue weighted by Crippen LogP contribution is 2.31. The molecule has 0 saturated carbocycles. The lowest BCUT2D eigenvalue weighted by molar-refractivity contribution is -0.118. The second-order valence-electron chi connectivity index (χ2n) is 5.56. The van der Waals surface area contributed by atoms with Gasteiger partial charge in [0.15, 0.2) is 12.4 Å². The van der Waals surface area contributed by atoms with E-state index in [1.165, 1.54) is 7.11 Å². The standard InChI is InChI=1S/C19H19BrClNO4/c1-4-16(23)13-8-12(20)5-6-17(13)26-10-19(24)22-15-7-11(2)14(21)9-18(15)25-3/h5-9H,4,10H2,1-3H3,(H,22,24). The molecule has 2 aromatic carbocycles. The quantitative estimate of drug-likeness (QED) is 0.613. The molecule has 2 aromatic rings. The smallest absolute Gasteiger partial charge is 0.262 e. The van der Waals surface area contributed by atoms with Gasteiger partial charge in [0, 0.05) is 22.0 Å². The van der Waals surface area contributed by atoms with Crippen LogP contribution in [0.2, 0.25) is 5.02 Å². The molecule has 0 aromatic heterocycles. The summed E-state index contributed by atoms with van der Waals surface area (Å²) < 4.78 is 11.6. The molecule has 0 heterocycles. The maximum Gasteiger partial charge on any atom is 0.262 e. The third kappa shape index (κ3) is 4.99. The number of methoxy groups -OCH3 is 1. The Hall–Kier alpha value is -2.05. The minimum atomic E-state index is -0.372. The molecule has 0 aliphatic heterocycles. The summed E-state index contributed by atoms with van der Waals surface area (Å²) in [5.74, 6) is 0.397. The van der Waals surface area contributed by atoms with Crippen molar-refractivity contribution in [1.29, 1.82) is 0 Å². The number of aryl methyl sites for hydroxylation is 1. The largest absolute Gasteiger partial charge is 0.495 e. The second-order valence-corrected chi connectivity index (χ2v) is 6.88. The summed E-state index contributed by atoms with van der Waals surface area (Å²) in [6.07, 6.45) is 0.347. The molecule has 0 aliphatic rings. The van der Waals surface area contributed by atoms with Crippen molar-refractivity contribution in [3.8, 4) is 11.5 Å². The lowest BCUT2D eigenvalue weighted by atomic mass is 10.1. The van der Waals surface area contributed by atoms with Crippen LogP contribution >= 0.6 is 27.5 Å².